The van der Waals surface area contributed by atoms with Crippen LogP contribution >= 0.6 is 0 Å². The van der Waals surface area contributed by atoms with Gasteiger partial charge in [0.05, 0.1) is 6.67 Å². The number of hydrazine groups is 2. The molecule has 3 nitrogen and oxygen atoms in total. The highest BCUT2D eigenvalue weighted by molar-refractivity contribution is 4.35. The highest BCUT2D eigenvalue weighted by Gasteiger charge is 1.86. The zero-order chi connectivity index (χ0) is 2.83. The molecule has 1 aliphatic rings. The molecule has 1 saturated heterocycles. The van der Waals surface area contributed by atoms with Crippen molar-refractivity contribution >= 4 is 0 Å². The summed E-state index contributed by atoms with van der Waals surface area (Å²) in [5.41, 5.74) is 8.11. The lowest BCUT2D eigenvalue weighted by Gasteiger charge is -2.15. The van der Waals surface area contributed by atoms with Gasteiger partial charge < -0.3 is 0 Å². The van der Waals surface area contributed by atoms with Crippen LogP contribution in [0.15, 0.2) is 0 Å². The molecule has 0 aromatic carbocycles. The summed E-state index contributed by atoms with van der Waals surface area (Å²) >= 11 is 0. The SMILES string of the molecule is C1NNN1. The first-order valence-corrected chi connectivity index (χ1v) is 1.21. The second kappa shape index (κ2) is 0.676. The molecule has 0 amide bonds. The topological polar surface area (TPSA) is 36.1 Å². The molecule has 0 spiro atoms. The third-order valence-electron chi connectivity index (χ3n) is 0.354. The summed E-state index contributed by atoms with van der Waals surface area (Å²) < 4.78 is 0. The van der Waals surface area contributed by atoms with Crippen molar-refractivity contribution in [3.63, 3.8) is 0 Å². The van der Waals surface area contributed by atoms with Crippen molar-refractivity contribution in [1.82, 2.24) is 16.4 Å². The molecule has 1 aliphatic heterocycles. The van der Waals surface area contributed by atoms with E-state index in [2.05, 4.69) is 16.4 Å². The molecule has 1 heterocycles. The van der Waals surface area contributed by atoms with Gasteiger partial charge in [-0.25, -0.2) is 10.9 Å². The predicted octanol–water partition coefficient (Wildman–Crippen LogP) is -1.44. The van der Waals surface area contributed by atoms with Crippen LogP contribution < -0.4 is 16.4 Å². The Bertz CT molecular complexity index is 11.2. The van der Waals surface area contributed by atoms with Gasteiger partial charge in [-0.3, -0.25) is 0 Å². The molecular weight excluding hydrogens is 54.0 g/mol. The summed E-state index contributed by atoms with van der Waals surface area (Å²) in [6.45, 7) is 0.889. The molecule has 3 N–H and O–H groups in total. The first kappa shape index (κ1) is 2.14. The van der Waals surface area contributed by atoms with Crippen molar-refractivity contribution in [3.8, 4) is 0 Å². The first-order valence-electron chi connectivity index (χ1n) is 1.21. The smallest absolute Gasteiger partial charge is 0.0747 e. The average molecular weight is 59.1 g/mol. The minimum atomic E-state index is 0.889. The normalized spacial score (nSPS) is 24.0. The van der Waals surface area contributed by atoms with Crippen molar-refractivity contribution in [1.29, 1.82) is 0 Å². The van der Waals surface area contributed by atoms with Gasteiger partial charge in [-0.2, -0.15) is 5.53 Å². The minimum Gasteiger partial charge on any atom is -0.229 e. The molecular formula is CH5N3. The zero-order valence-electron chi connectivity index (χ0n) is 2.21. The standard InChI is InChI=1S/CH5N3/c1-2-4-3-1/h2-4H,1H2. The van der Waals surface area contributed by atoms with Crippen LogP contribution in [-0.2, 0) is 0 Å². The monoisotopic (exact) mass is 59.0 g/mol. The maximum absolute atomic E-state index is 2.75. The summed E-state index contributed by atoms with van der Waals surface area (Å²) in [5, 5.41) is 0. The van der Waals surface area contributed by atoms with E-state index in [4.69, 9.17) is 0 Å². The highest BCUT2D eigenvalue weighted by Crippen LogP contribution is 1.44. The molecule has 0 aromatic rings. The van der Waals surface area contributed by atoms with Crippen LogP contribution in [0.1, 0.15) is 0 Å². The molecule has 0 saturated carbocycles. The molecule has 1 fully saturated rings. The lowest BCUT2D eigenvalue weighted by Crippen LogP contribution is -2.60. The molecule has 0 bridgehead atoms. The van der Waals surface area contributed by atoms with Gasteiger partial charge in [0.15, 0.2) is 0 Å². The molecule has 24 valence electrons. The van der Waals surface area contributed by atoms with E-state index in [0.717, 1.165) is 6.67 Å². The summed E-state index contributed by atoms with van der Waals surface area (Å²) in [6, 6.07) is 0. The molecule has 4 heavy (non-hydrogen) atoms. The number of hydrogen-bond donors (Lipinski definition) is 3. The van der Waals surface area contributed by atoms with Crippen LogP contribution in [0.3, 0.4) is 0 Å². The van der Waals surface area contributed by atoms with Gasteiger partial charge in [-0.1, -0.05) is 0 Å². The van der Waals surface area contributed by atoms with Crippen molar-refractivity contribution in [2.24, 2.45) is 0 Å². The van der Waals surface area contributed by atoms with E-state index in [1.54, 1.807) is 0 Å². The highest BCUT2D eigenvalue weighted by atomic mass is 15.7. The van der Waals surface area contributed by atoms with Crippen LogP contribution in [-0.4, -0.2) is 6.67 Å². The van der Waals surface area contributed by atoms with E-state index >= 15 is 0 Å². The Balaban J connectivity index is 2.00. The maximum atomic E-state index is 2.75. The Morgan fingerprint density at radius 2 is 1.50 bits per heavy atom. The van der Waals surface area contributed by atoms with E-state index in [9.17, 15) is 0 Å². The van der Waals surface area contributed by atoms with Gasteiger partial charge in [0.25, 0.3) is 0 Å². The largest absolute Gasteiger partial charge is 0.229 e. The summed E-state index contributed by atoms with van der Waals surface area (Å²) in [4.78, 5) is 0. The maximum Gasteiger partial charge on any atom is 0.0747 e. The Morgan fingerprint density at radius 3 is 1.50 bits per heavy atom. The van der Waals surface area contributed by atoms with E-state index in [1.807, 2.05) is 0 Å². The third-order valence-corrected chi connectivity index (χ3v) is 0.354. The van der Waals surface area contributed by atoms with Crippen LogP contribution in [0.5, 0.6) is 0 Å². The fraction of sp³-hybridized carbons (Fsp3) is 1.00. The van der Waals surface area contributed by atoms with E-state index in [1.165, 1.54) is 0 Å². The second-order valence-electron chi connectivity index (χ2n) is 0.655. The number of rotatable bonds is 0. The minimum absolute atomic E-state index is 0.889. The second-order valence-corrected chi connectivity index (χ2v) is 0.655. The Morgan fingerprint density at radius 1 is 1.25 bits per heavy atom. The average Bonchev–Trinajstić information content (AvgIpc) is 0.722. The fourth-order valence-corrected chi connectivity index (χ4v) is 0.0884. The van der Waals surface area contributed by atoms with Gasteiger partial charge in [0.1, 0.15) is 0 Å². The van der Waals surface area contributed by atoms with Crippen LogP contribution in [0.2, 0.25) is 0 Å². The number of hydrogen-bond acceptors (Lipinski definition) is 3. The summed E-state index contributed by atoms with van der Waals surface area (Å²) in [5.74, 6) is 0. The van der Waals surface area contributed by atoms with E-state index in [0.29, 0.717) is 0 Å². The van der Waals surface area contributed by atoms with Gasteiger partial charge in [-0.15, -0.1) is 0 Å². The molecule has 1 rings (SSSR count). The van der Waals surface area contributed by atoms with Gasteiger partial charge in [-0.05, 0) is 0 Å². The quantitative estimate of drug-likeness (QED) is 0.320. The van der Waals surface area contributed by atoms with E-state index in [-0.39, 0.29) is 0 Å². The summed E-state index contributed by atoms with van der Waals surface area (Å²) in [7, 11) is 0. The lowest BCUT2D eigenvalue weighted by molar-refractivity contribution is 0.296. The molecule has 0 aromatic heterocycles. The van der Waals surface area contributed by atoms with Crippen LogP contribution in [0, 0.1) is 0 Å². The van der Waals surface area contributed by atoms with Gasteiger partial charge >= 0.3 is 0 Å². The van der Waals surface area contributed by atoms with Gasteiger partial charge in [0, 0.05) is 0 Å². The molecule has 0 radical (unpaired) electrons. The first-order chi connectivity index (χ1) is 2.00. The van der Waals surface area contributed by atoms with Gasteiger partial charge in [0.2, 0.25) is 0 Å². The van der Waals surface area contributed by atoms with Crippen LogP contribution in [0.4, 0.5) is 0 Å². The Hall–Kier alpha value is -0.120. The lowest BCUT2D eigenvalue weighted by atomic mass is 11.1. The predicted molar refractivity (Wildman–Crippen MR) is 14.3 cm³/mol. The van der Waals surface area contributed by atoms with Crippen molar-refractivity contribution < 1.29 is 0 Å². The Labute approximate surface area is 24.3 Å². The van der Waals surface area contributed by atoms with E-state index < -0.39 is 0 Å². The van der Waals surface area contributed by atoms with Crippen molar-refractivity contribution in [3.05, 3.63) is 0 Å². The molecule has 3 heteroatoms. The fourth-order valence-electron chi connectivity index (χ4n) is 0.0884. The zero-order valence-corrected chi connectivity index (χ0v) is 2.21. The summed E-state index contributed by atoms with van der Waals surface area (Å²) in [6.07, 6.45) is 0. The third kappa shape index (κ3) is 0.0967. The van der Waals surface area contributed by atoms with Crippen LogP contribution in [0.25, 0.3) is 0 Å². The number of nitrogens with one attached hydrogen (secondary N) is 3. The van der Waals surface area contributed by atoms with Crippen molar-refractivity contribution in [2.75, 3.05) is 6.67 Å². The molecule has 0 atom stereocenters. The van der Waals surface area contributed by atoms with Crippen molar-refractivity contribution in [2.45, 2.75) is 0 Å². The molecule has 0 unspecified atom stereocenters. The molecule has 0 aliphatic carbocycles. The Kier molecular flexibility index (Phi) is 0.361.